The molecule has 0 spiro atoms. The van der Waals surface area contributed by atoms with Gasteiger partial charge in [0, 0.05) is 17.2 Å². The van der Waals surface area contributed by atoms with Gasteiger partial charge in [0.1, 0.15) is 5.75 Å². The molecular formula is C13H18FNO2. The number of hydrogen-bond acceptors (Lipinski definition) is 3. The minimum absolute atomic E-state index is 0.210. The van der Waals surface area contributed by atoms with Crippen molar-refractivity contribution in [2.75, 3.05) is 20.8 Å². The molecule has 1 atom stereocenters. The first-order valence-electron chi connectivity index (χ1n) is 5.78. The number of ether oxygens (including phenoxy) is 2. The van der Waals surface area contributed by atoms with Gasteiger partial charge in [0.05, 0.1) is 14.2 Å². The van der Waals surface area contributed by atoms with Gasteiger partial charge in [-0.15, -0.1) is 0 Å². The molecule has 0 saturated carbocycles. The number of hydrogen-bond donors (Lipinski definition) is 1. The fourth-order valence-corrected chi connectivity index (χ4v) is 2.42. The molecule has 0 aliphatic carbocycles. The van der Waals surface area contributed by atoms with Gasteiger partial charge in [0.25, 0.3) is 0 Å². The zero-order valence-corrected chi connectivity index (χ0v) is 10.5. The van der Waals surface area contributed by atoms with Crippen molar-refractivity contribution < 1.29 is 13.9 Å². The van der Waals surface area contributed by atoms with E-state index in [1.807, 2.05) is 0 Å². The van der Waals surface area contributed by atoms with E-state index in [0.29, 0.717) is 5.75 Å². The van der Waals surface area contributed by atoms with Gasteiger partial charge in [-0.25, -0.2) is 4.39 Å². The third kappa shape index (κ3) is 2.09. The zero-order valence-electron chi connectivity index (χ0n) is 10.5. The molecule has 0 radical (unpaired) electrons. The van der Waals surface area contributed by atoms with Crippen LogP contribution in [0.15, 0.2) is 12.1 Å². The van der Waals surface area contributed by atoms with E-state index in [9.17, 15) is 4.39 Å². The van der Waals surface area contributed by atoms with Gasteiger partial charge in [0.2, 0.25) is 0 Å². The first kappa shape index (κ1) is 12.2. The Morgan fingerprint density at radius 2 is 1.94 bits per heavy atom. The molecule has 1 aliphatic rings. The van der Waals surface area contributed by atoms with Crippen LogP contribution in [-0.2, 0) is 5.54 Å². The highest BCUT2D eigenvalue weighted by Crippen LogP contribution is 2.39. The van der Waals surface area contributed by atoms with Crippen LogP contribution in [0.3, 0.4) is 0 Å². The lowest BCUT2D eigenvalue weighted by Gasteiger charge is -2.27. The summed E-state index contributed by atoms with van der Waals surface area (Å²) < 4.78 is 24.1. The summed E-state index contributed by atoms with van der Waals surface area (Å²) in [7, 11) is 3.04. The summed E-state index contributed by atoms with van der Waals surface area (Å²) in [4.78, 5) is 0. The van der Waals surface area contributed by atoms with Gasteiger partial charge in [0.15, 0.2) is 11.6 Å². The predicted molar refractivity (Wildman–Crippen MR) is 64.1 cm³/mol. The van der Waals surface area contributed by atoms with E-state index in [0.717, 1.165) is 24.9 Å². The van der Waals surface area contributed by atoms with Gasteiger partial charge in [-0.3, -0.25) is 0 Å². The van der Waals surface area contributed by atoms with Gasteiger partial charge in [-0.05, 0) is 32.4 Å². The molecule has 0 aromatic heterocycles. The molecule has 1 unspecified atom stereocenters. The van der Waals surface area contributed by atoms with Crippen molar-refractivity contribution in [2.45, 2.75) is 25.3 Å². The third-order valence-electron chi connectivity index (χ3n) is 3.44. The average molecular weight is 239 g/mol. The molecule has 1 fully saturated rings. The molecule has 4 heteroatoms. The summed E-state index contributed by atoms with van der Waals surface area (Å²) in [6, 6.07) is 3.12. The lowest BCUT2D eigenvalue weighted by Crippen LogP contribution is -2.33. The summed E-state index contributed by atoms with van der Waals surface area (Å²) in [5.41, 5.74) is 0.647. The quantitative estimate of drug-likeness (QED) is 0.878. The topological polar surface area (TPSA) is 30.5 Å². The summed E-state index contributed by atoms with van der Waals surface area (Å²) in [6.45, 7) is 3.02. The highest BCUT2D eigenvalue weighted by molar-refractivity contribution is 5.45. The predicted octanol–water partition coefficient (Wildman–Crippen LogP) is 2.44. The van der Waals surface area contributed by atoms with Crippen LogP contribution in [0.2, 0.25) is 0 Å². The van der Waals surface area contributed by atoms with Crippen LogP contribution in [0.25, 0.3) is 0 Å². The van der Waals surface area contributed by atoms with Gasteiger partial charge in [-0.2, -0.15) is 0 Å². The second-order valence-corrected chi connectivity index (χ2v) is 4.55. The molecule has 1 N–H and O–H groups in total. The monoisotopic (exact) mass is 239 g/mol. The van der Waals surface area contributed by atoms with Crippen molar-refractivity contribution in [3.05, 3.63) is 23.5 Å². The van der Waals surface area contributed by atoms with Crippen molar-refractivity contribution >= 4 is 0 Å². The van der Waals surface area contributed by atoms with Gasteiger partial charge < -0.3 is 14.8 Å². The van der Waals surface area contributed by atoms with Crippen molar-refractivity contribution in [1.29, 1.82) is 0 Å². The van der Waals surface area contributed by atoms with Crippen LogP contribution < -0.4 is 14.8 Å². The van der Waals surface area contributed by atoms with Gasteiger partial charge >= 0.3 is 0 Å². The van der Waals surface area contributed by atoms with Crippen molar-refractivity contribution in [3.63, 3.8) is 0 Å². The zero-order chi connectivity index (χ0) is 12.5. The number of rotatable bonds is 3. The Kier molecular flexibility index (Phi) is 3.24. The smallest absolute Gasteiger partial charge is 0.165 e. The molecule has 1 aliphatic heterocycles. The van der Waals surface area contributed by atoms with Gasteiger partial charge in [-0.1, -0.05) is 0 Å². The van der Waals surface area contributed by atoms with Crippen molar-refractivity contribution in [3.8, 4) is 11.5 Å². The second-order valence-electron chi connectivity index (χ2n) is 4.55. The second kappa shape index (κ2) is 4.53. The summed E-state index contributed by atoms with van der Waals surface area (Å²) in [5.74, 6) is 0.533. The van der Waals surface area contributed by atoms with Crippen LogP contribution in [0, 0.1) is 5.82 Å². The normalized spacial score (nSPS) is 23.8. The molecule has 1 aromatic rings. The largest absolute Gasteiger partial charge is 0.496 e. The molecule has 0 amide bonds. The van der Waals surface area contributed by atoms with E-state index < -0.39 is 0 Å². The van der Waals surface area contributed by atoms with E-state index >= 15 is 0 Å². The fourth-order valence-electron chi connectivity index (χ4n) is 2.42. The Hall–Kier alpha value is -1.29. The maximum atomic E-state index is 13.8. The van der Waals surface area contributed by atoms with Crippen LogP contribution in [0.5, 0.6) is 11.5 Å². The number of benzene rings is 1. The fraction of sp³-hybridized carbons (Fsp3) is 0.538. The average Bonchev–Trinajstić information content (AvgIpc) is 2.77. The van der Waals surface area contributed by atoms with E-state index in [1.165, 1.54) is 13.2 Å². The summed E-state index contributed by atoms with van der Waals surface area (Å²) in [5, 5.41) is 3.40. The van der Waals surface area contributed by atoms with E-state index in [4.69, 9.17) is 9.47 Å². The molecule has 2 rings (SSSR count). The minimum Gasteiger partial charge on any atom is -0.496 e. The molecule has 94 valence electrons. The molecule has 1 saturated heterocycles. The van der Waals surface area contributed by atoms with E-state index in [1.54, 1.807) is 13.2 Å². The Morgan fingerprint density at radius 1 is 1.24 bits per heavy atom. The highest BCUT2D eigenvalue weighted by Gasteiger charge is 2.33. The third-order valence-corrected chi connectivity index (χ3v) is 3.44. The summed E-state index contributed by atoms with van der Waals surface area (Å²) >= 11 is 0. The first-order chi connectivity index (χ1) is 8.10. The van der Waals surface area contributed by atoms with E-state index in [2.05, 4.69) is 12.2 Å². The Bertz CT molecular complexity index is 414. The van der Waals surface area contributed by atoms with Crippen LogP contribution >= 0.6 is 0 Å². The van der Waals surface area contributed by atoms with Crippen LogP contribution in [0.4, 0.5) is 4.39 Å². The molecule has 3 nitrogen and oxygen atoms in total. The highest BCUT2D eigenvalue weighted by atomic mass is 19.1. The molecule has 1 heterocycles. The molecule has 1 aromatic carbocycles. The lowest BCUT2D eigenvalue weighted by molar-refractivity contribution is 0.351. The molecular weight excluding hydrogens is 221 g/mol. The first-order valence-corrected chi connectivity index (χ1v) is 5.78. The number of nitrogens with one attached hydrogen (secondary N) is 1. The summed E-state index contributed by atoms with van der Waals surface area (Å²) in [6.07, 6.45) is 2.07. The molecule has 17 heavy (non-hydrogen) atoms. The Balaban J connectivity index is 2.49. The van der Waals surface area contributed by atoms with E-state index in [-0.39, 0.29) is 17.1 Å². The maximum absolute atomic E-state index is 13.8. The van der Waals surface area contributed by atoms with Crippen molar-refractivity contribution in [2.24, 2.45) is 0 Å². The SMILES string of the molecule is COc1cc(OC)c(C2(C)CCCN2)cc1F. The van der Waals surface area contributed by atoms with Crippen molar-refractivity contribution in [1.82, 2.24) is 5.32 Å². The molecule has 0 bridgehead atoms. The Morgan fingerprint density at radius 3 is 2.47 bits per heavy atom. The minimum atomic E-state index is -0.349. The number of methoxy groups -OCH3 is 2. The lowest BCUT2D eigenvalue weighted by atomic mass is 9.89. The number of halogens is 1. The standard InChI is InChI=1S/C13H18FNO2/c1-13(5-4-6-15-13)9-7-10(14)12(17-3)8-11(9)16-2/h7-8,15H,4-6H2,1-3H3. The maximum Gasteiger partial charge on any atom is 0.165 e. The Labute approximate surface area is 101 Å². The van der Waals surface area contributed by atoms with Crippen LogP contribution in [0.1, 0.15) is 25.3 Å². The van der Waals surface area contributed by atoms with Crippen LogP contribution in [-0.4, -0.2) is 20.8 Å².